The van der Waals surface area contributed by atoms with Gasteiger partial charge in [-0.05, 0) is 53.2 Å². The number of hydrogen-bond donors (Lipinski definition) is 1. The van der Waals surface area contributed by atoms with E-state index in [0.29, 0.717) is 17.9 Å². The molecule has 5 heteroatoms. The summed E-state index contributed by atoms with van der Waals surface area (Å²) in [5.41, 5.74) is 0.561. The van der Waals surface area contributed by atoms with Crippen LogP contribution in [0.2, 0.25) is 0 Å². The number of likely N-dealkylation sites (tertiary alicyclic amines) is 1. The molecule has 0 aliphatic carbocycles. The van der Waals surface area contributed by atoms with E-state index in [-0.39, 0.29) is 11.8 Å². The molecular weight excluding hydrogens is 344 g/mol. The third-order valence-corrected chi connectivity index (χ3v) is 4.54. The zero-order valence-corrected chi connectivity index (χ0v) is 14.7. The summed E-state index contributed by atoms with van der Waals surface area (Å²) in [7, 11) is 0. The van der Waals surface area contributed by atoms with Gasteiger partial charge in [-0.3, -0.25) is 9.59 Å². The standard InChI is InChI=1S/C17H23BrN2O2/c1-12(2)11-15(17(22)20-9-5-6-10-20)19-16(21)13-7-3-4-8-14(13)18/h3-4,7-8,12,15H,5-6,9-11H2,1-2H3,(H,19,21)/t15-/m0/s1. The van der Waals surface area contributed by atoms with Gasteiger partial charge in [0.2, 0.25) is 5.91 Å². The fraction of sp³-hybridized carbons (Fsp3) is 0.529. The van der Waals surface area contributed by atoms with Crippen molar-refractivity contribution in [3.63, 3.8) is 0 Å². The molecule has 2 rings (SSSR count). The Morgan fingerprint density at radius 1 is 1.23 bits per heavy atom. The van der Waals surface area contributed by atoms with E-state index in [1.54, 1.807) is 6.07 Å². The van der Waals surface area contributed by atoms with Crippen molar-refractivity contribution in [3.8, 4) is 0 Å². The van der Waals surface area contributed by atoms with Gasteiger partial charge in [0.25, 0.3) is 5.91 Å². The number of hydrogen-bond acceptors (Lipinski definition) is 2. The van der Waals surface area contributed by atoms with Crippen LogP contribution in [0.1, 0.15) is 43.5 Å². The summed E-state index contributed by atoms with van der Waals surface area (Å²) in [5.74, 6) is 0.188. The van der Waals surface area contributed by atoms with Crippen molar-refractivity contribution in [3.05, 3.63) is 34.3 Å². The van der Waals surface area contributed by atoms with E-state index < -0.39 is 6.04 Å². The number of halogens is 1. The molecule has 1 atom stereocenters. The van der Waals surface area contributed by atoms with Crippen LogP contribution in [0.5, 0.6) is 0 Å². The molecule has 120 valence electrons. The third kappa shape index (κ3) is 4.32. The highest BCUT2D eigenvalue weighted by Crippen LogP contribution is 2.18. The Hall–Kier alpha value is -1.36. The van der Waals surface area contributed by atoms with E-state index in [4.69, 9.17) is 0 Å². The maximum atomic E-state index is 12.6. The van der Waals surface area contributed by atoms with Gasteiger partial charge < -0.3 is 10.2 Å². The first-order chi connectivity index (χ1) is 10.5. The molecule has 1 aliphatic rings. The molecule has 1 heterocycles. The second kappa shape index (κ2) is 7.77. The lowest BCUT2D eigenvalue weighted by molar-refractivity contribution is -0.132. The summed E-state index contributed by atoms with van der Waals surface area (Å²) in [6, 6.07) is 6.82. The second-order valence-corrected chi connectivity index (χ2v) is 7.02. The van der Waals surface area contributed by atoms with Crippen LogP contribution in [-0.2, 0) is 4.79 Å². The van der Waals surface area contributed by atoms with Crippen LogP contribution in [0.15, 0.2) is 28.7 Å². The summed E-state index contributed by atoms with van der Waals surface area (Å²) in [6.07, 6.45) is 2.77. The molecule has 0 radical (unpaired) electrons. The highest BCUT2D eigenvalue weighted by Gasteiger charge is 2.28. The van der Waals surface area contributed by atoms with Gasteiger partial charge in [0.1, 0.15) is 6.04 Å². The molecule has 0 aromatic heterocycles. The predicted octanol–water partition coefficient (Wildman–Crippen LogP) is 3.22. The molecule has 2 amide bonds. The summed E-state index contributed by atoms with van der Waals surface area (Å²) in [6.45, 7) is 5.74. The molecule has 1 aromatic rings. The quantitative estimate of drug-likeness (QED) is 0.869. The highest BCUT2D eigenvalue weighted by molar-refractivity contribution is 9.10. The number of carbonyl (C=O) groups excluding carboxylic acids is 2. The Morgan fingerprint density at radius 2 is 1.86 bits per heavy atom. The van der Waals surface area contributed by atoms with Crippen LogP contribution >= 0.6 is 15.9 Å². The zero-order chi connectivity index (χ0) is 16.1. The van der Waals surface area contributed by atoms with Crippen LogP contribution in [0.25, 0.3) is 0 Å². The number of carbonyl (C=O) groups is 2. The summed E-state index contributed by atoms with van der Waals surface area (Å²) < 4.78 is 0.740. The summed E-state index contributed by atoms with van der Waals surface area (Å²) >= 11 is 3.38. The molecule has 0 spiro atoms. The normalized spacial score (nSPS) is 15.9. The van der Waals surface area contributed by atoms with Crippen LogP contribution in [-0.4, -0.2) is 35.8 Å². The highest BCUT2D eigenvalue weighted by atomic mass is 79.9. The first kappa shape index (κ1) is 17.0. The fourth-order valence-electron chi connectivity index (χ4n) is 2.73. The lowest BCUT2D eigenvalue weighted by Crippen LogP contribution is -2.48. The van der Waals surface area contributed by atoms with Crippen LogP contribution in [0, 0.1) is 5.92 Å². The average molecular weight is 367 g/mol. The van der Waals surface area contributed by atoms with Crippen LogP contribution in [0.4, 0.5) is 0 Å². The van der Waals surface area contributed by atoms with Gasteiger partial charge in [0, 0.05) is 17.6 Å². The van der Waals surface area contributed by atoms with Gasteiger partial charge in [-0.1, -0.05) is 26.0 Å². The Labute approximate surface area is 140 Å². The molecule has 22 heavy (non-hydrogen) atoms. The molecule has 0 bridgehead atoms. The van der Waals surface area contributed by atoms with Crippen molar-refractivity contribution in [2.75, 3.05) is 13.1 Å². The molecule has 1 aliphatic heterocycles. The van der Waals surface area contributed by atoms with Gasteiger partial charge in [-0.15, -0.1) is 0 Å². The molecule has 0 unspecified atom stereocenters. The third-order valence-electron chi connectivity index (χ3n) is 3.85. The Morgan fingerprint density at radius 3 is 2.45 bits per heavy atom. The predicted molar refractivity (Wildman–Crippen MR) is 90.7 cm³/mol. The molecule has 1 N–H and O–H groups in total. The Bertz CT molecular complexity index is 539. The first-order valence-electron chi connectivity index (χ1n) is 7.83. The smallest absolute Gasteiger partial charge is 0.253 e. The molecule has 1 saturated heterocycles. The van der Waals surface area contributed by atoms with Gasteiger partial charge >= 0.3 is 0 Å². The van der Waals surface area contributed by atoms with Crippen molar-refractivity contribution >= 4 is 27.7 Å². The molecule has 1 aromatic carbocycles. The number of nitrogens with one attached hydrogen (secondary N) is 1. The number of benzene rings is 1. The Balaban J connectivity index is 2.10. The van der Waals surface area contributed by atoms with E-state index in [1.807, 2.05) is 23.1 Å². The van der Waals surface area contributed by atoms with E-state index in [9.17, 15) is 9.59 Å². The number of rotatable bonds is 5. The Kier molecular flexibility index (Phi) is 6.00. The maximum absolute atomic E-state index is 12.6. The van der Waals surface area contributed by atoms with E-state index in [2.05, 4.69) is 35.1 Å². The van der Waals surface area contributed by atoms with E-state index >= 15 is 0 Å². The maximum Gasteiger partial charge on any atom is 0.253 e. The number of nitrogens with zero attached hydrogens (tertiary/aromatic N) is 1. The molecular formula is C17H23BrN2O2. The zero-order valence-electron chi connectivity index (χ0n) is 13.1. The van der Waals surface area contributed by atoms with Crippen LogP contribution < -0.4 is 5.32 Å². The molecule has 0 saturated carbocycles. The monoisotopic (exact) mass is 366 g/mol. The van der Waals surface area contributed by atoms with Gasteiger partial charge in [0.05, 0.1) is 5.56 Å². The van der Waals surface area contributed by atoms with Crippen molar-refractivity contribution < 1.29 is 9.59 Å². The van der Waals surface area contributed by atoms with Crippen LogP contribution in [0.3, 0.4) is 0 Å². The fourth-order valence-corrected chi connectivity index (χ4v) is 3.20. The minimum absolute atomic E-state index is 0.0478. The van der Waals surface area contributed by atoms with E-state index in [0.717, 1.165) is 30.4 Å². The lowest BCUT2D eigenvalue weighted by atomic mass is 10.0. The average Bonchev–Trinajstić information content (AvgIpc) is 2.99. The minimum Gasteiger partial charge on any atom is -0.341 e. The van der Waals surface area contributed by atoms with Crippen molar-refractivity contribution in [1.29, 1.82) is 0 Å². The van der Waals surface area contributed by atoms with E-state index in [1.165, 1.54) is 0 Å². The number of amides is 2. The lowest BCUT2D eigenvalue weighted by Gasteiger charge is -2.25. The van der Waals surface area contributed by atoms with Gasteiger partial charge in [0.15, 0.2) is 0 Å². The summed E-state index contributed by atoms with van der Waals surface area (Å²) in [4.78, 5) is 27.0. The van der Waals surface area contributed by atoms with Gasteiger partial charge in [-0.25, -0.2) is 0 Å². The second-order valence-electron chi connectivity index (χ2n) is 6.17. The first-order valence-corrected chi connectivity index (χ1v) is 8.62. The summed E-state index contributed by atoms with van der Waals surface area (Å²) in [5, 5.41) is 2.92. The molecule has 4 nitrogen and oxygen atoms in total. The largest absolute Gasteiger partial charge is 0.341 e. The SMILES string of the molecule is CC(C)C[C@H](NC(=O)c1ccccc1Br)C(=O)N1CCCC1. The van der Waals surface area contributed by atoms with Gasteiger partial charge in [-0.2, -0.15) is 0 Å². The topological polar surface area (TPSA) is 49.4 Å². The van der Waals surface area contributed by atoms with Crippen molar-refractivity contribution in [2.45, 2.75) is 39.2 Å². The molecule has 1 fully saturated rings. The minimum atomic E-state index is -0.447. The van der Waals surface area contributed by atoms with Crippen molar-refractivity contribution in [1.82, 2.24) is 10.2 Å². The van der Waals surface area contributed by atoms with Crippen molar-refractivity contribution in [2.24, 2.45) is 5.92 Å².